The van der Waals surface area contributed by atoms with Crippen molar-refractivity contribution in [3.63, 3.8) is 0 Å². The van der Waals surface area contributed by atoms with Crippen LogP contribution in [0.25, 0.3) is 0 Å². The number of anilines is 3. The molecule has 0 aromatic heterocycles. The molecule has 3 unspecified atom stereocenters. The molecule has 3 atom stereocenters. The first-order chi connectivity index (χ1) is 15.5. The zero-order valence-electron chi connectivity index (χ0n) is 19.0. The molecule has 0 fully saturated rings. The summed E-state index contributed by atoms with van der Waals surface area (Å²) in [5.41, 5.74) is 0.160. The molecule has 12 nitrogen and oxygen atoms in total. The van der Waals surface area contributed by atoms with Gasteiger partial charge in [0.1, 0.15) is 0 Å². The van der Waals surface area contributed by atoms with Gasteiger partial charge in [-0.1, -0.05) is 6.07 Å². The van der Waals surface area contributed by atoms with E-state index < -0.39 is 62.4 Å². The smallest absolute Gasteiger partial charge is 0.224 e. The van der Waals surface area contributed by atoms with Crippen molar-refractivity contribution in [3.8, 4) is 0 Å². The van der Waals surface area contributed by atoms with E-state index in [-0.39, 0.29) is 30.2 Å². The quantitative estimate of drug-likeness (QED) is 0.197. The molecule has 6 N–H and O–H groups in total. The summed E-state index contributed by atoms with van der Waals surface area (Å²) in [5, 5.41) is 57.8. The lowest BCUT2D eigenvalue weighted by atomic mass is 10.1. The molecule has 0 aliphatic carbocycles. The molecule has 0 saturated carbocycles. The topological polar surface area (TPSA) is 182 Å². The van der Waals surface area contributed by atoms with Crippen LogP contribution in [0.2, 0.25) is 0 Å². The number of aliphatic hydroxyl groups is 6. The normalized spacial score (nSPS) is 13.7. The summed E-state index contributed by atoms with van der Waals surface area (Å²) in [7, 11) is 0. The molecule has 0 saturated heterocycles. The first-order valence-corrected chi connectivity index (χ1v) is 10.3. The van der Waals surface area contributed by atoms with Gasteiger partial charge in [0.2, 0.25) is 17.7 Å². The summed E-state index contributed by atoms with van der Waals surface area (Å²) in [6.07, 6.45) is -3.96. The average molecular weight is 472 g/mol. The Morgan fingerprint density at radius 1 is 0.667 bits per heavy atom. The zero-order valence-corrected chi connectivity index (χ0v) is 19.0. The SMILES string of the molecule is CC(=O)N(CC(O)CO)c1cccc(N(CC(O)CO)C(C)=O)c1N(CC(O)CO)C(C)=O. The van der Waals surface area contributed by atoms with Gasteiger partial charge in [0.25, 0.3) is 0 Å². The number of aliphatic hydroxyl groups excluding tert-OH is 6. The molecule has 1 rings (SSSR count). The molecule has 1 aromatic carbocycles. The van der Waals surface area contributed by atoms with Crippen molar-refractivity contribution in [2.24, 2.45) is 0 Å². The van der Waals surface area contributed by atoms with Crippen molar-refractivity contribution < 1.29 is 45.0 Å². The summed E-state index contributed by atoms with van der Waals surface area (Å²) in [6.45, 7) is 0.595. The van der Waals surface area contributed by atoms with Gasteiger partial charge in [-0.15, -0.1) is 0 Å². The van der Waals surface area contributed by atoms with Crippen LogP contribution in [0.1, 0.15) is 20.8 Å². The van der Waals surface area contributed by atoms with Crippen LogP contribution in [0.4, 0.5) is 17.1 Å². The third-order valence-corrected chi connectivity index (χ3v) is 4.80. The number of carbonyl (C=O) groups excluding carboxylic acids is 3. The molecule has 33 heavy (non-hydrogen) atoms. The molecular weight excluding hydrogens is 438 g/mol. The second kappa shape index (κ2) is 13.2. The molecule has 0 radical (unpaired) electrons. The van der Waals surface area contributed by atoms with Gasteiger partial charge in [0.15, 0.2) is 0 Å². The van der Waals surface area contributed by atoms with Crippen LogP contribution in [0.3, 0.4) is 0 Å². The van der Waals surface area contributed by atoms with E-state index in [1.807, 2.05) is 0 Å². The first-order valence-electron chi connectivity index (χ1n) is 10.3. The van der Waals surface area contributed by atoms with Crippen molar-refractivity contribution >= 4 is 34.8 Å². The Morgan fingerprint density at radius 3 is 1.24 bits per heavy atom. The van der Waals surface area contributed by atoms with Crippen LogP contribution in [-0.2, 0) is 14.4 Å². The number of rotatable bonds is 12. The number of carbonyl (C=O) groups is 3. The maximum absolute atomic E-state index is 12.6. The van der Waals surface area contributed by atoms with Crippen LogP contribution in [0, 0.1) is 0 Å². The highest BCUT2D eigenvalue weighted by Crippen LogP contribution is 2.40. The first kappa shape index (κ1) is 28.4. The minimum atomic E-state index is -1.35. The van der Waals surface area contributed by atoms with Crippen LogP contribution in [-0.4, -0.2) is 106 Å². The fraction of sp³-hybridized carbons (Fsp3) is 0.571. The number of nitrogens with zero attached hydrogens (tertiary/aromatic N) is 3. The highest BCUT2D eigenvalue weighted by atomic mass is 16.3. The van der Waals surface area contributed by atoms with Gasteiger partial charge < -0.3 is 45.3 Å². The Hall–Kier alpha value is -2.61. The third-order valence-electron chi connectivity index (χ3n) is 4.80. The van der Waals surface area contributed by atoms with Crippen LogP contribution in [0.15, 0.2) is 18.2 Å². The largest absolute Gasteiger partial charge is 0.394 e. The molecule has 1 aromatic rings. The lowest BCUT2D eigenvalue weighted by Crippen LogP contribution is -2.44. The Morgan fingerprint density at radius 2 is 0.970 bits per heavy atom. The Kier molecular flexibility index (Phi) is 11.4. The molecule has 0 aliphatic rings. The van der Waals surface area contributed by atoms with Crippen molar-refractivity contribution in [2.75, 3.05) is 54.2 Å². The number of hydrogen-bond acceptors (Lipinski definition) is 9. The van der Waals surface area contributed by atoms with Gasteiger partial charge in [-0.3, -0.25) is 14.4 Å². The van der Waals surface area contributed by atoms with E-state index in [1.165, 1.54) is 39.0 Å². The highest BCUT2D eigenvalue weighted by molar-refractivity contribution is 6.08. The predicted molar refractivity (Wildman–Crippen MR) is 120 cm³/mol. The van der Waals surface area contributed by atoms with E-state index in [0.717, 1.165) is 14.7 Å². The predicted octanol–water partition coefficient (Wildman–Crippen LogP) is -2.20. The maximum Gasteiger partial charge on any atom is 0.224 e. The Labute approximate surface area is 191 Å². The number of benzene rings is 1. The van der Waals surface area contributed by atoms with Gasteiger partial charge >= 0.3 is 0 Å². The number of hydrogen-bond donors (Lipinski definition) is 6. The fourth-order valence-electron chi connectivity index (χ4n) is 3.21. The lowest BCUT2D eigenvalue weighted by Gasteiger charge is -2.35. The monoisotopic (exact) mass is 471 g/mol. The van der Waals surface area contributed by atoms with Gasteiger partial charge in [-0.25, -0.2) is 0 Å². The molecule has 12 heteroatoms. The number of para-hydroxylation sites is 1. The zero-order chi connectivity index (χ0) is 25.3. The van der Waals surface area contributed by atoms with E-state index in [4.69, 9.17) is 0 Å². The molecule has 0 spiro atoms. The second-order valence-electron chi connectivity index (χ2n) is 7.54. The van der Waals surface area contributed by atoms with Crippen molar-refractivity contribution in [2.45, 2.75) is 39.1 Å². The minimum Gasteiger partial charge on any atom is -0.394 e. The Bertz CT molecular complexity index is 772. The highest BCUT2D eigenvalue weighted by Gasteiger charge is 2.30. The third kappa shape index (κ3) is 7.74. The average Bonchev–Trinajstić information content (AvgIpc) is 2.77. The van der Waals surface area contributed by atoms with Crippen LogP contribution >= 0.6 is 0 Å². The summed E-state index contributed by atoms with van der Waals surface area (Å²) in [4.78, 5) is 40.7. The van der Waals surface area contributed by atoms with E-state index in [1.54, 1.807) is 0 Å². The van der Waals surface area contributed by atoms with E-state index in [2.05, 4.69) is 0 Å². The molecule has 3 amide bonds. The van der Waals surface area contributed by atoms with Crippen LogP contribution < -0.4 is 14.7 Å². The standard InChI is InChI=1S/C21H33N3O9/c1-13(28)22(7-16(31)10-25)19-5-4-6-20(23(14(2)29)8-17(32)11-26)21(19)24(15(3)30)9-18(33)12-27/h4-6,16-18,25-27,31-33H,7-12H2,1-3H3. The lowest BCUT2D eigenvalue weighted by molar-refractivity contribution is -0.118. The molecule has 186 valence electrons. The maximum atomic E-state index is 12.6. The molecular formula is C21H33N3O9. The molecule has 0 heterocycles. The van der Waals surface area contributed by atoms with Crippen molar-refractivity contribution in [3.05, 3.63) is 18.2 Å². The van der Waals surface area contributed by atoms with Gasteiger partial charge in [-0.2, -0.15) is 0 Å². The summed E-state index contributed by atoms with van der Waals surface area (Å²) in [6, 6.07) is 4.39. The van der Waals surface area contributed by atoms with Crippen molar-refractivity contribution in [1.29, 1.82) is 0 Å². The van der Waals surface area contributed by atoms with Gasteiger partial charge in [0.05, 0.1) is 74.8 Å². The van der Waals surface area contributed by atoms with Crippen molar-refractivity contribution in [1.82, 2.24) is 0 Å². The van der Waals surface area contributed by atoms with E-state index >= 15 is 0 Å². The van der Waals surface area contributed by atoms with Gasteiger partial charge in [-0.05, 0) is 12.1 Å². The minimum absolute atomic E-state index is 0.00169. The summed E-state index contributed by atoms with van der Waals surface area (Å²) < 4.78 is 0. The summed E-state index contributed by atoms with van der Waals surface area (Å²) in [5.74, 6) is -1.68. The second-order valence-corrected chi connectivity index (χ2v) is 7.54. The molecule has 0 aliphatic heterocycles. The van der Waals surface area contributed by atoms with Gasteiger partial charge in [0, 0.05) is 20.8 Å². The Balaban J connectivity index is 3.87. The fourth-order valence-corrected chi connectivity index (χ4v) is 3.21. The van der Waals surface area contributed by atoms with E-state index in [9.17, 15) is 45.0 Å². The van der Waals surface area contributed by atoms with Crippen LogP contribution in [0.5, 0.6) is 0 Å². The van der Waals surface area contributed by atoms with E-state index in [0.29, 0.717) is 0 Å². The molecule has 0 bridgehead atoms. The number of amides is 3. The summed E-state index contributed by atoms with van der Waals surface area (Å²) >= 11 is 0.